The molecule has 2 N–H and O–H groups in total. The lowest BCUT2D eigenvalue weighted by Crippen LogP contribution is -2.48. The summed E-state index contributed by atoms with van der Waals surface area (Å²) < 4.78 is 45.1. The standard InChI is InChI=1S/C25H19ClF3N9O3/c1-13-6-14(9-30)7-17(22(39)31-16-11-41-12-16)21(13)32-23(40)20-8-15(10-37-35-24(33-36-37)25(27,28)29)34-38(20)19-5-3-2-4-18(19)26/h2-8,16H,10-12H2,1H3,(H,31,39)(H,32,40). The number of hydrogen-bond donors (Lipinski definition) is 2. The van der Waals surface area contributed by atoms with Crippen molar-refractivity contribution in [1.82, 2.24) is 35.3 Å². The van der Waals surface area contributed by atoms with Gasteiger partial charge >= 0.3 is 6.18 Å². The highest BCUT2D eigenvalue weighted by molar-refractivity contribution is 6.32. The third kappa shape index (κ3) is 5.88. The molecule has 0 saturated carbocycles. The van der Waals surface area contributed by atoms with Crippen LogP contribution in [0.3, 0.4) is 0 Å². The number of para-hydroxylation sites is 1. The lowest BCUT2D eigenvalue weighted by atomic mass is 10.0. The number of aryl methyl sites for hydroxylation is 1. The highest BCUT2D eigenvalue weighted by Gasteiger charge is 2.37. The molecule has 2 aromatic heterocycles. The number of benzene rings is 2. The lowest BCUT2D eigenvalue weighted by molar-refractivity contribution is -0.145. The van der Waals surface area contributed by atoms with Gasteiger partial charge < -0.3 is 15.4 Å². The SMILES string of the molecule is Cc1cc(C#N)cc(C(=O)NC2COC2)c1NC(=O)c1cc(Cn2nnc(C(F)(F)F)n2)nn1-c1ccccc1Cl. The van der Waals surface area contributed by atoms with E-state index in [2.05, 4.69) is 31.1 Å². The average molecular weight is 586 g/mol. The van der Waals surface area contributed by atoms with E-state index >= 15 is 0 Å². The van der Waals surface area contributed by atoms with Gasteiger partial charge in [0.05, 0.1) is 58.5 Å². The fourth-order valence-electron chi connectivity index (χ4n) is 4.00. The molecule has 4 aromatic rings. The molecule has 0 bridgehead atoms. The Hall–Kier alpha value is -4.81. The van der Waals surface area contributed by atoms with E-state index in [-0.39, 0.29) is 45.8 Å². The largest absolute Gasteiger partial charge is 0.455 e. The molecule has 1 aliphatic heterocycles. The third-order valence-electron chi connectivity index (χ3n) is 6.00. The molecule has 3 heterocycles. The van der Waals surface area contributed by atoms with Crippen LogP contribution in [-0.2, 0) is 17.5 Å². The molecular weight excluding hydrogens is 567 g/mol. The first-order valence-corrected chi connectivity index (χ1v) is 12.3. The highest BCUT2D eigenvalue weighted by Crippen LogP contribution is 2.27. The molecule has 16 heteroatoms. The first-order chi connectivity index (χ1) is 19.5. The minimum Gasteiger partial charge on any atom is -0.377 e. The van der Waals surface area contributed by atoms with Crippen LogP contribution in [0.15, 0.2) is 42.5 Å². The molecule has 2 amide bonds. The predicted octanol–water partition coefficient (Wildman–Crippen LogP) is 3.14. The van der Waals surface area contributed by atoms with Gasteiger partial charge in [-0.1, -0.05) is 23.7 Å². The van der Waals surface area contributed by atoms with Crippen molar-refractivity contribution in [2.75, 3.05) is 18.5 Å². The Morgan fingerprint density at radius 1 is 1.17 bits per heavy atom. The van der Waals surface area contributed by atoms with Gasteiger partial charge in [0.15, 0.2) is 0 Å². The van der Waals surface area contributed by atoms with E-state index in [1.165, 1.54) is 22.9 Å². The van der Waals surface area contributed by atoms with Gasteiger partial charge in [-0.2, -0.15) is 28.3 Å². The summed E-state index contributed by atoms with van der Waals surface area (Å²) in [6.45, 7) is 1.98. The Bertz CT molecular complexity index is 1690. The summed E-state index contributed by atoms with van der Waals surface area (Å²) in [5.41, 5.74) is 1.28. The van der Waals surface area contributed by atoms with E-state index in [4.69, 9.17) is 16.3 Å². The second-order valence-corrected chi connectivity index (χ2v) is 9.42. The third-order valence-corrected chi connectivity index (χ3v) is 6.32. The number of halogens is 4. The summed E-state index contributed by atoms with van der Waals surface area (Å²) in [5, 5.41) is 29.3. The number of carbonyl (C=O) groups is 2. The smallest absolute Gasteiger partial charge is 0.377 e. The minimum absolute atomic E-state index is 0.0493. The quantitative estimate of drug-likeness (QED) is 0.335. The number of ether oxygens (including phenoxy) is 1. The number of alkyl halides is 3. The van der Waals surface area contributed by atoms with Gasteiger partial charge in [-0.05, 0) is 48.0 Å². The van der Waals surface area contributed by atoms with Crippen molar-refractivity contribution in [3.8, 4) is 11.8 Å². The van der Waals surface area contributed by atoms with Crippen LogP contribution in [0.25, 0.3) is 5.69 Å². The van der Waals surface area contributed by atoms with Crippen LogP contribution < -0.4 is 10.6 Å². The number of anilines is 1. The number of nitrogens with one attached hydrogen (secondary N) is 2. The van der Waals surface area contributed by atoms with E-state index in [0.29, 0.717) is 29.3 Å². The predicted molar refractivity (Wildman–Crippen MR) is 136 cm³/mol. The van der Waals surface area contributed by atoms with Crippen molar-refractivity contribution in [2.24, 2.45) is 0 Å². The minimum atomic E-state index is -4.78. The zero-order valence-corrected chi connectivity index (χ0v) is 21.9. The summed E-state index contributed by atoms with van der Waals surface area (Å²) in [5.74, 6) is -2.64. The van der Waals surface area contributed by atoms with Gasteiger partial charge in [0.25, 0.3) is 17.6 Å². The van der Waals surface area contributed by atoms with E-state index < -0.39 is 23.8 Å². The number of hydrogen-bond acceptors (Lipinski definition) is 8. The van der Waals surface area contributed by atoms with Crippen molar-refractivity contribution in [3.63, 3.8) is 0 Å². The van der Waals surface area contributed by atoms with Crippen LogP contribution in [0.4, 0.5) is 18.9 Å². The summed E-state index contributed by atoms with van der Waals surface area (Å²) >= 11 is 6.36. The second-order valence-electron chi connectivity index (χ2n) is 9.01. The fraction of sp³-hybridized carbons (Fsp3) is 0.240. The van der Waals surface area contributed by atoms with E-state index in [0.717, 1.165) is 0 Å². The van der Waals surface area contributed by atoms with Crippen LogP contribution in [-0.4, -0.2) is 61.1 Å². The molecule has 0 unspecified atom stereocenters. The lowest BCUT2D eigenvalue weighted by Gasteiger charge is -2.27. The maximum atomic E-state index is 13.7. The molecule has 2 aromatic carbocycles. The monoisotopic (exact) mass is 585 g/mol. The van der Waals surface area contributed by atoms with E-state index in [9.17, 15) is 28.0 Å². The fourth-order valence-corrected chi connectivity index (χ4v) is 4.22. The topological polar surface area (TPSA) is 153 Å². The molecule has 12 nitrogen and oxygen atoms in total. The molecule has 1 saturated heterocycles. The molecule has 0 aliphatic carbocycles. The van der Waals surface area contributed by atoms with E-state index in [1.54, 1.807) is 31.2 Å². The van der Waals surface area contributed by atoms with Crippen LogP contribution in [0, 0.1) is 18.3 Å². The van der Waals surface area contributed by atoms with Crippen LogP contribution >= 0.6 is 11.6 Å². The number of amides is 2. The number of aromatic nitrogens is 6. The van der Waals surface area contributed by atoms with Crippen LogP contribution in [0.2, 0.25) is 5.02 Å². The normalized spacial score (nSPS) is 13.4. The van der Waals surface area contributed by atoms with Gasteiger partial charge in [-0.3, -0.25) is 9.59 Å². The number of rotatable bonds is 7. The Balaban J connectivity index is 1.51. The van der Waals surface area contributed by atoms with Crippen molar-refractivity contribution < 1.29 is 27.5 Å². The molecule has 5 rings (SSSR count). The average Bonchev–Trinajstić information content (AvgIpc) is 3.55. The Morgan fingerprint density at radius 3 is 2.56 bits per heavy atom. The molecule has 1 aliphatic rings. The van der Waals surface area contributed by atoms with Crippen LogP contribution in [0.5, 0.6) is 0 Å². The Labute approximate surface area is 234 Å². The van der Waals surface area contributed by atoms with Crippen LogP contribution in [0.1, 0.15) is 43.5 Å². The highest BCUT2D eigenvalue weighted by atomic mass is 35.5. The Kier molecular flexibility index (Phi) is 7.43. The summed E-state index contributed by atoms with van der Waals surface area (Å²) in [4.78, 5) is 27.4. The van der Waals surface area contributed by atoms with Crippen molar-refractivity contribution >= 4 is 29.1 Å². The van der Waals surface area contributed by atoms with E-state index in [1.807, 2.05) is 6.07 Å². The van der Waals surface area contributed by atoms with Gasteiger partial charge in [0.1, 0.15) is 12.2 Å². The zero-order valence-electron chi connectivity index (χ0n) is 21.1. The number of nitriles is 1. The molecule has 0 atom stereocenters. The molecule has 1 fully saturated rings. The molecule has 210 valence electrons. The number of carbonyl (C=O) groups excluding carboxylic acids is 2. The van der Waals surface area contributed by atoms with Crippen molar-refractivity contribution in [2.45, 2.75) is 25.7 Å². The molecule has 41 heavy (non-hydrogen) atoms. The van der Waals surface area contributed by atoms with Gasteiger partial charge in [-0.25, -0.2) is 4.68 Å². The number of tetrazole rings is 1. The molecular formula is C25H19ClF3N9O3. The maximum Gasteiger partial charge on any atom is 0.455 e. The van der Waals surface area contributed by atoms with Gasteiger partial charge in [-0.15, -0.1) is 10.2 Å². The number of nitrogens with zero attached hydrogens (tertiary/aromatic N) is 7. The zero-order chi connectivity index (χ0) is 29.3. The first kappa shape index (κ1) is 27.7. The van der Waals surface area contributed by atoms with Gasteiger partial charge in [0, 0.05) is 0 Å². The molecule has 0 radical (unpaired) electrons. The second kappa shape index (κ2) is 11.0. The summed E-state index contributed by atoms with van der Waals surface area (Å²) in [6.07, 6.45) is -4.78. The van der Waals surface area contributed by atoms with Gasteiger partial charge in [0.2, 0.25) is 0 Å². The molecule has 0 spiro atoms. The van der Waals surface area contributed by atoms with Crippen molar-refractivity contribution in [1.29, 1.82) is 5.26 Å². The Morgan fingerprint density at radius 2 is 1.93 bits per heavy atom. The summed E-state index contributed by atoms with van der Waals surface area (Å²) in [6, 6.07) is 12.5. The van der Waals surface area contributed by atoms with Crippen molar-refractivity contribution in [3.05, 3.63) is 81.4 Å². The first-order valence-electron chi connectivity index (χ1n) is 12.0. The maximum absolute atomic E-state index is 13.7. The summed E-state index contributed by atoms with van der Waals surface area (Å²) in [7, 11) is 0.